The fraction of sp³-hybridized carbons (Fsp3) is 0.562. The topological polar surface area (TPSA) is 78.4 Å². The maximum atomic E-state index is 8.87. The lowest BCUT2D eigenvalue weighted by Gasteiger charge is -2.29. The van der Waals surface area contributed by atoms with Crippen molar-refractivity contribution < 1.29 is 9.15 Å². The second-order valence-electron chi connectivity index (χ2n) is 5.62. The number of nitriles is 1. The lowest BCUT2D eigenvalue weighted by molar-refractivity contribution is 0.0326. The molecule has 1 saturated heterocycles. The van der Waals surface area contributed by atoms with Crippen molar-refractivity contribution in [3.63, 3.8) is 0 Å². The number of ether oxygens (including phenoxy) is 1. The molecule has 3 rings (SSSR count). The molecular formula is C16H21N5O2S. The summed E-state index contributed by atoms with van der Waals surface area (Å²) in [5.74, 6) is 1.16. The molecule has 0 aliphatic carbocycles. The van der Waals surface area contributed by atoms with Crippen LogP contribution in [-0.4, -0.2) is 65.9 Å². The first-order valence-corrected chi connectivity index (χ1v) is 8.99. The monoisotopic (exact) mass is 347 g/mol. The van der Waals surface area contributed by atoms with E-state index in [0.29, 0.717) is 31.3 Å². The number of thiophene rings is 1. The van der Waals surface area contributed by atoms with Crippen molar-refractivity contribution in [3.8, 4) is 16.8 Å². The Morgan fingerprint density at radius 3 is 2.92 bits per heavy atom. The van der Waals surface area contributed by atoms with Crippen molar-refractivity contribution >= 4 is 11.3 Å². The number of aromatic nitrogens is 2. The quantitative estimate of drug-likeness (QED) is 0.721. The van der Waals surface area contributed by atoms with Crippen LogP contribution in [0.4, 0.5) is 0 Å². The molecule has 24 heavy (non-hydrogen) atoms. The molecule has 3 heterocycles. The number of morpholine rings is 1. The summed E-state index contributed by atoms with van der Waals surface area (Å²) >= 11 is 1.58. The van der Waals surface area contributed by atoms with Crippen LogP contribution in [0.2, 0.25) is 0 Å². The van der Waals surface area contributed by atoms with Crippen LogP contribution in [0.5, 0.6) is 0 Å². The molecule has 8 heteroatoms. The van der Waals surface area contributed by atoms with E-state index in [1.807, 2.05) is 17.5 Å². The van der Waals surface area contributed by atoms with Crippen molar-refractivity contribution in [2.45, 2.75) is 13.0 Å². The first-order valence-electron chi connectivity index (χ1n) is 8.11. The summed E-state index contributed by atoms with van der Waals surface area (Å²) in [6.45, 7) is 6.64. The highest BCUT2D eigenvalue weighted by atomic mass is 32.1. The average Bonchev–Trinajstić information content (AvgIpc) is 3.29. The molecule has 2 aromatic rings. The number of hydrogen-bond acceptors (Lipinski definition) is 8. The molecule has 0 spiro atoms. The van der Waals surface area contributed by atoms with Gasteiger partial charge in [0.2, 0.25) is 5.89 Å². The van der Waals surface area contributed by atoms with Crippen molar-refractivity contribution in [1.82, 2.24) is 20.0 Å². The summed E-state index contributed by atoms with van der Waals surface area (Å²) < 4.78 is 11.1. The van der Waals surface area contributed by atoms with Gasteiger partial charge in [-0.2, -0.15) is 5.26 Å². The zero-order valence-electron chi connectivity index (χ0n) is 13.6. The SMILES string of the molecule is N#CCCN(CCN1CCOCC1)Cc1nnc(-c2cccs2)o1. The molecule has 0 unspecified atom stereocenters. The van der Waals surface area contributed by atoms with Crippen LogP contribution in [0.15, 0.2) is 21.9 Å². The Morgan fingerprint density at radius 1 is 1.29 bits per heavy atom. The third-order valence-corrected chi connectivity index (χ3v) is 4.79. The van der Waals surface area contributed by atoms with Gasteiger partial charge in [0.25, 0.3) is 5.89 Å². The predicted octanol–water partition coefficient (Wildman–Crippen LogP) is 1.85. The second kappa shape index (κ2) is 8.89. The second-order valence-corrected chi connectivity index (χ2v) is 6.56. The van der Waals surface area contributed by atoms with E-state index in [4.69, 9.17) is 14.4 Å². The van der Waals surface area contributed by atoms with Crippen molar-refractivity contribution in [2.75, 3.05) is 45.9 Å². The molecular weight excluding hydrogens is 326 g/mol. The average molecular weight is 347 g/mol. The third-order valence-electron chi connectivity index (χ3n) is 3.93. The van der Waals surface area contributed by atoms with Gasteiger partial charge in [-0.25, -0.2) is 0 Å². The maximum absolute atomic E-state index is 8.87. The highest BCUT2D eigenvalue weighted by molar-refractivity contribution is 7.13. The summed E-state index contributed by atoms with van der Waals surface area (Å²) in [7, 11) is 0. The van der Waals surface area contributed by atoms with Gasteiger partial charge in [0.15, 0.2) is 0 Å². The first kappa shape index (κ1) is 17.0. The molecule has 7 nitrogen and oxygen atoms in total. The van der Waals surface area contributed by atoms with Crippen LogP contribution in [0, 0.1) is 11.3 Å². The zero-order valence-corrected chi connectivity index (χ0v) is 14.4. The Balaban J connectivity index is 1.56. The van der Waals surface area contributed by atoms with E-state index in [9.17, 15) is 0 Å². The van der Waals surface area contributed by atoms with E-state index >= 15 is 0 Å². The van der Waals surface area contributed by atoms with E-state index in [-0.39, 0.29) is 0 Å². The highest BCUT2D eigenvalue weighted by Gasteiger charge is 2.16. The van der Waals surface area contributed by atoms with Gasteiger partial charge in [-0.15, -0.1) is 21.5 Å². The van der Waals surface area contributed by atoms with Crippen LogP contribution in [0.1, 0.15) is 12.3 Å². The van der Waals surface area contributed by atoms with Gasteiger partial charge < -0.3 is 9.15 Å². The summed E-state index contributed by atoms with van der Waals surface area (Å²) in [5, 5.41) is 19.1. The highest BCUT2D eigenvalue weighted by Crippen LogP contribution is 2.23. The minimum atomic E-state index is 0.495. The fourth-order valence-electron chi connectivity index (χ4n) is 2.59. The lowest BCUT2D eigenvalue weighted by atomic mass is 10.3. The minimum absolute atomic E-state index is 0.495. The van der Waals surface area contributed by atoms with Gasteiger partial charge in [0.05, 0.1) is 30.7 Å². The van der Waals surface area contributed by atoms with E-state index in [2.05, 4.69) is 26.1 Å². The first-order chi connectivity index (χ1) is 11.8. The fourth-order valence-corrected chi connectivity index (χ4v) is 3.24. The Morgan fingerprint density at radius 2 is 2.17 bits per heavy atom. The molecule has 0 bridgehead atoms. The Bertz CT molecular complexity index is 646. The van der Waals surface area contributed by atoms with Gasteiger partial charge in [-0.1, -0.05) is 6.07 Å². The van der Waals surface area contributed by atoms with Crippen molar-refractivity contribution in [3.05, 3.63) is 23.4 Å². The van der Waals surface area contributed by atoms with Crippen LogP contribution < -0.4 is 0 Å². The smallest absolute Gasteiger partial charge is 0.257 e. The van der Waals surface area contributed by atoms with E-state index in [0.717, 1.165) is 44.3 Å². The molecule has 0 saturated carbocycles. The Hall–Kier alpha value is -1.79. The largest absolute Gasteiger partial charge is 0.419 e. The standard InChI is InChI=1S/C16H21N5O2S/c17-4-2-5-21(7-6-20-8-10-22-11-9-20)13-15-18-19-16(23-15)14-3-1-12-24-14/h1,3,12H,2,5-11,13H2. The lowest BCUT2D eigenvalue weighted by Crippen LogP contribution is -2.41. The van der Waals surface area contributed by atoms with Gasteiger partial charge in [-0.05, 0) is 11.4 Å². The molecule has 1 aliphatic rings. The van der Waals surface area contributed by atoms with Gasteiger partial charge in [0, 0.05) is 39.1 Å². The van der Waals surface area contributed by atoms with Crippen molar-refractivity contribution in [1.29, 1.82) is 5.26 Å². The van der Waals surface area contributed by atoms with Crippen molar-refractivity contribution in [2.24, 2.45) is 0 Å². The summed E-state index contributed by atoms with van der Waals surface area (Å²) in [4.78, 5) is 5.56. The predicted molar refractivity (Wildman–Crippen MR) is 90.4 cm³/mol. The number of nitrogens with zero attached hydrogens (tertiary/aromatic N) is 5. The molecule has 0 aromatic carbocycles. The zero-order chi connectivity index (χ0) is 16.6. The molecule has 0 radical (unpaired) electrons. The number of hydrogen-bond donors (Lipinski definition) is 0. The summed E-state index contributed by atoms with van der Waals surface area (Å²) in [5.41, 5.74) is 0. The van der Waals surface area contributed by atoms with E-state index < -0.39 is 0 Å². The van der Waals surface area contributed by atoms with E-state index in [1.54, 1.807) is 11.3 Å². The molecule has 1 aliphatic heterocycles. The molecule has 0 atom stereocenters. The normalized spacial score (nSPS) is 15.7. The van der Waals surface area contributed by atoms with Gasteiger partial charge in [-0.3, -0.25) is 9.80 Å². The minimum Gasteiger partial charge on any atom is -0.419 e. The van der Waals surface area contributed by atoms with Crippen LogP contribution >= 0.6 is 11.3 Å². The Labute approximate surface area is 145 Å². The van der Waals surface area contributed by atoms with Gasteiger partial charge >= 0.3 is 0 Å². The third kappa shape index (κ3) is 4.85. The molecule has 2 aromatic heterocycles. The maximum Gasteiger partial charge on any atom is 0.257 e. The summed E-state index contributed by atoms with van der Waals surface area (Å²) in [6, 6.07) is 6.14. The van der Waals surface area contributed by atoms with Gasteiger partial charge in [0.1, 0.15) is 0 Å². The van der Waals surface area contributed by atoms with Crippen LogP contribution in [0.25, 0.3) is 10.8 Å². The van der Waals surface area contributed by atoms with E-state index in [1.165, 1.54) is 0 Å². The molecule has 128 valence electrons. The van der Waals surface area contributed by atoms with Crippen LogP contribution in [-0.2, 0) is 11.3 Å². The van der Waals surface area contributed by atoms with Crippen LogP contribution in [0.3, 0.4) is 0 Å². The number of rotatable bonds is 8. The molecule has 1 fully saturated rings. The summed E-state index contributed by atoms with van der Waals surface area (Å²) in [6.07, 6.45) is 0.495. The molecule has 0 amide bonds. The Kier molecular flexibility index (Phi) is 6.32. The molecule has 0 N–H and O–H groups in total.